The Hall–Kier alpha value is -1.86. The Bertz CT molecular complexity index is 619. The van der Waals surface area contributed by atoms with Gasteiger partial charge in [0.2, 0.25) is 0 Å². The summed E-state index contributed by atoms with van der Waals surface area (Å²) in [6.07, 6.45) is 1.83. The van der Waals surface area contributed by atoms with Crippen LogP contribution in [0.2, 0.25) is 0 Å². The molecular formula is C15H20N4. The largest absolute Gasteiger partial charge is 0.334 e. The van der Waals surface area contributed by atoms with Crippen molar-refractivity contribution in [2.75, 3.05) is 13.6 Å². The number of nitrogens with zero attached hydrogens (tertiary/aromatic N) is 4. The lowest BCUT2D eigenvalue weighted by atomic mass is 9.95. The molecule has 0 spiro atoms. The molecule has 0 fully saturated rings. The van der Waals surface area contributed by atoms with Crippen molar-refractivity contribution < 1.29 is 0 Å². The van der Waals surface area contributed by atoms with Gasteiger partial charge in [-0.15, -0.1) is 0 Å². The zero-order chi connectivity index (χ0) is 14.0. The molecule has 0 aliphatic rings. The van der Waals surface area contributed by atoms with Crippen LogP contribution in [0.5, 0.6) is 0 Å². The quantitative estimate of drug-likeness (QED) is 0.844. The summed E-state index contributed by atoms with van der Waals surface area (Å²) in [4.78, 5) is 6.54. The number of aromatic nitrogens is 2. The first-order chi connectivity index (χ1) is 8.91. The standard InChI is InChI=1S/C15H20N4/c1-15(2,9-16)10-18(3)8-12-5-6-14-13(7-12)17-11-19(14)4/h5-7,11H,8,10H2,1-4H3. The highest BCUT2D eigenvalue weighted by Crippen LogP contribution is 2.18. The fourth-order valence-corrected chi connectivity index (χ4v) is 2.36. The minimum atomic E-state index is -0.316. The van der Waals surface area contributed by atoms with E-state index in [4.69, 9.17) is 5.26 Å². The highest BCUT2D eigenvalue weighted by Gasteiger charge is 2.19. The number of benzene rings is 1. The Labute approximate surface area is 114 Å². The number of nitriles is 1. The predicted octanol–water partition coefficient (Wildman–Crippen LogP) is 2.55. The molecule has 19 heavy (non-hydrogen) atoms. The van der Waals surface area contributed by atoms with Gasteiger partial charge in [0.1, 0.15) is 0 Å². The van der Waals surface area contributed by atoms with Crippen LogP contribution in [0.1, 0.15) is 19.4 Å². The third kappa shape index (κ3) is 3.12. The summed E-state index contributed by atoms with van der Waals surface area (Å²) in [5.41, 5.74) is 3.07. The number of aryl methyl sites for hydroxylation is 1. The number of imidazole rings is 1. The summed E-state index contributed by atoms with van der Waals surface area (Å²) in [6.45, 7) is 5.51. The molecule has 0 radical (unpaired) electrons. The highest BCUT2D eigenvalue weighted by atomic mass is 15.1. The third-order valence-corrected chi connectivity index (χ3v) is 3.21. The van der Waals surface area contributed by atoms with Gasteiger partial charge in [-0.3, -0.25) is 0 Å². The van der Waals surface area contributed by atoms with Crippen molar-refractivity contribution in [2.24, 2.45) is 12.5 Å². The van der Waals surface area contributed by atoms with Crippen LogP contribution in [0.3, 0.4) is 0 Å². The van der Waals surface area contributed by atoms with Gasteiger partial charge in [0.25, 0.3) is 0 Å². The Morgan fingerprint density at radius 3 is 2.84 bits per heavy atom. The summed E-state index contributed by atoms with van der Waals surface area (Å²) in [7, 11) is 4.04. The molecule has 2 aromatic rings. The fraction of sp³-hybridized carbons (Fsp3) is 0.467. The van der Waals surface area contributed by atoms with Crippen LogP contribution in [-0.2, 0) is 13.6 Å². The lowest BCUT2D eigenvalue weighted by molar-refractivity contribution is 0.249. The van der Waals surface area contributed by atoms with Gasteiger partial charge < -0.3 is 9.47 Å². The van der Waals surface area contributed by atoms with Crippen molar-refractivity contribution in [3.05, 3.63) is 30.1 Å². The number of hydrogen-bond donors (Lipinski definition) is 0. The molecule has 4 nitrogen and oxygen atoms in total. The molecule has 0 atom stereocenters. The van der Waals surface area contributed by atoms with Gasteiger partial charge in [-0.25, -0.2) is 4.98 Å². The van der Waals surface area contributed by atoms with Gasteiger partial charge in [0.05, 0.1) is 28.8 Å². The second kappa shape index (κ2) is 5.02. The molecule has 1 aromatic carbocycles. The second-order valence-electron chi connectivity index (χ2n) is 5.85. The maximum absolute atomic E-state index is 9.06. The summed E-state index contributed by atoms with van der Waals surface area (Å²) in [5.74, 6) is 0. The first-order valence-corrected chi connectivity index (χ1v) is 6.41. The molecule has 0 amide bonds. The normalized spacial score (nSPS) is 12.0. The molecule has 0 bridgehead atoms. The summed E-state index contributed by atoms with van der Waals surface area (Å²) in [5, 5.41) is 9.06. The van der Waals surface area contributed by atoms with Crippen LogP contribution in [0, 0.1) is 16.7 Å². The van der Waals surface area contributed by atoms with E-state index in [0.717, 1.165) is 24.1 Å². The first kappa shape index (κ1) is 13.6. The Morgan fingerprint density at radius 1 is 1.42 bits per heavy atom. The van der Waals surface area contributed by atoms with Crippen molar-refractivity contribution in [3.8, 4) is 6.07 Å². The Balaban J connectivity index is 2.11. The maximum atomic E-state index is 9.06. The average molecular weight is 256 g/mol. The summed E-state index contributed by atoms with van der Waals surface area (Å²) < 4.78 is 2.02. The van der Waals surface area contributed by atoms with Gasteiger partial charge in [0, 0.05) is 20.1 Å². The Morgan fingerprint density at radius 2 is 2.16 bits per heavy atom. The molecular weight excluding hydrogens is 236 g/mol. The van der Waals surface area contributed by atoms with Crippen molar-refractivity contribution in [2.45, 2.75) is 20.4 Å². The van der Waals surface area contributed by atoms with E-state index in [9.17, 15) is 0 Å². The van der Waals surface area contributed by atoms with Crippen molar-refractivity contribution in [1.29, 1.82) is 5.26 Å². The van der Waals surface area contributed by atoms with E-state index in [1.807, 2.05) is 38.8 Å². The second-order valence-corrected chi connectivity index (χ2v) is 5.85. The van der Waals surface area contributed by atoms with Gasteiger partial charge >= 0.3 is 0 Å². The zero-order valence-electron chi connectivity index (χ0n) is 12.0. The zero-order valence-corrected chi connectivity index (χ0v) is 12.0. The van der Waals surface area contributed by atoms with Crippen LogP contribution in [0.15, 0.2) is 24.5 Å². The molecule has 0 saturated carbocycles. The fourth-order valence-electron chi connectivity index (χ4n) is 2.36. The molecule has 0 aliphatic heterocycles. The van der Waals surface area contributed by atoms with Crippen molar-refractivity contribution in [3.63, 3.8) is 0 Å². The third-order valence-electron chi connectivity index (χ3n) is 3.21. The van der Waals surface area contributed by atoms with Gasteiger partial charge in [-0.05, 0) is 38.6 Å². The molecule has 4 heteroatoms. The van der Waals surface area contributed by atoms with Gasteiger partial charge in [-0.1, -0.05) is 6.07 Å². The monoisotopic (exact) mass is 256 g/mol. The van der Waals surface area contributed by atoms with E-state index >= 15 is 0 Å². The van der Waals surface area contributed by atoms with E-state index in [2.05, 4.69) is 34.2 Å². The molecule has 1 heterocycles. The van der Waals surface area contributed by atoms with E-state index in [1.165, 1.54) is 5.56 Å². The lowest BCUT2D eigenvalue weighted by Gasteiger charge is -2.24. The van der Waals surface area contributed by atoms with Crippen LogP contribution in [0.25, 0.3) is 11.0 Å². The number of hydrogen-bond acceptors (Lipinski definition) is 3. The molecule has 0 aliphatic carbocycles. The van der Waals surface area contributed by atoms with Crippen molar-refractivity contribution >= 4 is 11.0 Å². The number of fused-ring (bicyclic) bond motifs is 1. The smallest absolute Gasteiger partial charge is 0.0955 e. The van der Waals surface area contributed by atoms with Crippen LogP contribution < -0.4 is 0 Å². The van der Waals surface area contributed by atoms with Crippen molar-refractivity contribution in [1.82, 2.24) is 14.5 Å². The molecule has 1 aromatic heterocycles. The molecule has 0 unspecified atom stereocenters. The molecule has 0 saturated heterocycles. The summed E-state index contributed by atoms with van der Waals surface area (Å²) in [6, 6.07) is 8.67. The van der Waals surface area contributed by atoms with E-state index < -0.39 is 0 Å². The highest BCUT2D eigenvalue weighted by molar-refractivity contribution is 5.75. The van der Waals surface area contributed by atoms with Crippen LogP contribution in [-0.4, -0.2) is 28.0 Å². The van der Waals surface area contributed by atoms with Gasteiger partial charge in [-0.2, -0.15) is 5.26 Å². The number of rotatable bonds is 4. The SMILES string of the molecule is CN(Cc1ccc2c(c1)ncn2C)CC(C)(C)C#N. The average Bonchev–Trinajstić information content (AvgIpc) is 2.70. The van der Waals surface area contributed by atoms with E-state index in [-0.39, 0.29) is 5.41 Å². The molecule has 0 N–H and O–H groups in total. The van der Waals surface area contributed by atoms with Crippen LogP contribution >= 0.6 is 0 Å². The van der Waals surface area contributed by atoms with Gasteiger partial charge in [0.15, 0.2) is 0 Å². The first-order valence-electron chi connectivity index (χ1n) is 6.41. The Kier molecular flexibility index (Phi) is 3.59. The minimum Gasteiger partial charge on any atom is -0.334 e. The maximum Gasteiger partial charge on any atom is 0.0955 e. The molecule has 2 rings (SSSR count). The molecule has 100 valence electrons. The topological polar surface area (TPSA) is 44.9 Å². The predicted molar refractivity (Wildman–Crippen MR) is 76.4 cm³/mol. The van der Waals surface area contributed by atoms with E-state index in [0.29, 0.717) is 0 Å². The lowest BCUT2D eigenvalue weighted by Crippen LogP contribution is -2.29. The van der Waals surface area contributed by atoms with Crippen LogP contribution in [0.4, 0.5) is 0 Å². The minimum absolute atomic E-state index is 0.316. The summed E-state index contributed by atoms with van der Waals surface area (Å²) >= 11 is 0. The van der Waals surface area contributed by atoms with E-state index in [1.54, 1.807) is 0 Å².